The molecule has 1 aliphatic heterocycles. The molecule has 19 heavy (non-hydrogen) atoms. The summed E-state index contributed by atoms with van der Waals surface area (Å²) in [6.07, 6.45) is 3.38. The zero-order valence-corrected chi connectivity index (χ0v) is 12.8. The molecule has 0 radical (unpaired) electrons. The molecule has 1 aliphatic rings. The first-order chi connectivity index (χ1) is 8.35. The lowest BCUT2D eigenvalue weighted by atomic mass is 10.0. The molecule has 1 atom stereocenters. The molecule has 2 N–H and O–H groups in total. The Hall–Kier alpha value is -0.810. The Kier molecular flexibility index (Phi) is 7.37. The fourth-order valence-electron chi connectivity index (χ4n) is 2.15. The van der Waals surface area contributed by atoms with E-state index >= 15 is 0 Å². The molecule has 0 spiro atoms. The van der Waals surface area contributed by atoms with E-state index in [9.17, 15) is 9.59 Å². The molecule has 1 fully saturated rings. The van der Waals surface area contributed by atoms with Crippen LogP contribution in [-0.4, -0.2) is 46.6 Å². The van der Waals surface area contributed by atoms with Gasteiger partial charge in [0.05, 0.1) is 6.54 Å². The summed E-state index contributed by atoms with van der Waals surface area (Å²) in [7, 11) is 0. The maximum atomic E-state index is 11.9. The van der Waals surface area contributed by atoms with Crippen molar-refractivity contribution < 1.29 is 14.7 Å². The standard InChI is InChI=1S/C13H24N2O3.ClH/c1-4-13(2,3)14-11(16)9-15-8-6-5-7-10(15)12(17)18;/h10H,4-9H2,1-3H3,(H,14,16)(H,17,18);1H. The molecule has 0 aromatic rings. The summed E-state index contributed by atoms with van der Waals surface area (Å²) in [6, 6.07) is -0.505. The van der Waals surface area contributed by atoms with Crippen LogP contribution in [0.3, 0.4) is 0 Å². The minimum atomic E-state index is -0.822. The van der Waals surface area contributed by atoms with Gasteiger partial charge in [0.15, 0.2) is 0 Å². The Morgan fingerprint density at radius 1 is 1.37 bits per heavy atom. The minimum absolute atomic E-state index is 0. The molecule has 1 amide bonds. The maximum absolute atomic E-state index is 11.9. The normalized spacial score (nSPS) is 20.5. The van der Waals surface area contributed by atoms with E-state index in [4.69, 9.17) is 5.11 Å². The first-order valence-electron chi connectivity index (χ1n) is 6.63. The number of carbonyl (C=O) groups is 2. The van der Waals surface area contributed by atoms with Crippen molar-refractivity contribution in [3.8, 4) is 0 Å². The van der Waals surface area contributed by atoms with E-state index in [0.29, 0.717) is 13.0 Å². The second-order valence-corrected chi connectivity index (χ2v) is 5.61. The third kappa shape index (κ3) is 5.78. The molecule has 0 aromatic heterocycles. The number of hydrogen-bond donors (Lipinski definition) is 2. The van der Waals surface area contributed by atoms with Crippen LogP contribution >= 0.6 is 12.4 Å². The van der Waals surface area contributed by atoms with Crippen LogP contribution in [0.5, 0.6) is 0 Å². The predicted octanol–water partition coefficient (Wildman–Crippen LogP) is 1.65. The Balaban J connectivity index is 0.00000324. The van der Waals surface area contributed by atoms with E-state index in [2.05, 4.69) is 5.32 Å². The first kappa shape index (κ1) is 18.2. The lowest BCUT2D eigenvalue weighted by molar-refractivity contribution is -0.145. The molecule has 1 heterocycles. The molecule has 0 aromatic carbocycles. The Morgan fingerprint density at radius 3 is 2.53 bits per heavy atom. The highest BCUT2D eigenvalue weighted by molar-refractivity contribution is 5.85. The molecule has 0 aliphatic carbocycles. The average Bonchev–Trinajstić information content (AvgIpc) is 2.28. The van der Waals surface area contributed by atoms with Crippen LogP contribution in [0.25, 0.3) is 0 Å². The predicted molar refractivity (Wildman–Crippen MR) is 76.6 cm³/mol. The number of amides is 1. The second-order valence-electron chi connectivity index (χ2n) is 5.61. The van der Waals surface area contributed by atoms with Gasteiger partial charge in [0, 0.05) is 5.54 Å². The van der Waals surface area contributed by atoms with Gasteiger partial charge in [0.25, 0.3) is 0 Å². The number of aliphatic carboxylic acids is 1. The van der Waals surface area contributed by atoms with E-state index in [1.807, 2.05) is 20.8 Å². The van der Waals surface area contributed by atoms with Gasteiger partial charge < -0.3 is 10.4 Å². The Labute approximate surface area is 121 Å². The van der Waals surface area contributed by atoms with Crippen molar-refractivity contribution >= 4 is 24.3 Å². The first-order valence-corrected chi connectivity index (χ1v) is 6.63. The van der Waals surface area contributed by atoms with Crippen molar-refractivity contribution in [1.29, 1.82) is 0 Å². The third-order valence-corrected chi connectivity index (χ3v) is 3.61. The van der Waals surface area contributed by atoms with Gasteiger partial charge in [-0.25, -0.2) is 0 Å². The highest BCUT2D eigenvalue weighted by atomic mass is 35.5. The van der Waals surface area contributed by atoms with Crippen molar-refractivity contribution in [3.05, 3.63) is 0 Å². The van der Waals surface area contributed by atoms with Crippen molar-refractivity contribution in [2.45, 2.75) is 58.0 Å². The zero-order chi connectivity index (χ0) is 13.8. The highest BCUT2D eigenvalue weighted by Crippen LogP contribution is 2.17. The Bertz CT molecular complexity index is 321. The van der Waals surface area contributed by atoms with Gasteiger partial charge in [-0.1, -0.05) is 13.3 Å². The van der Waals surface area contributed by atoms with Gasteiger partial charge in [0.1, 0.15) is 6.04 Å². The van der Waals surface area contributed by atoms with Gasteiger partial charge >= 0.3 is 5.97 Å². The van der Waals surface area contributed by atoms with Gasteiger partial charge in [-0.05, 0) is 39.7 Å². The number of piperidine rings is 1. The fourth-order valence-corrected chi connectivity index (χ4v) is 2.15. The van der Waals surface area contributed by atoms with Crippen LogP contribution in [0.15, 0.2) is 0 Å². The van der Waals surface area contributed by atoms with Crippen LogP contribution < -0.4 is 5.32 Å². The third-order valence-electron chi connectivity index (χ3n) is 3.61. The van der Waals surface area contributed by atoms with Crippen LogP contribution in [0.2, 0.25) is 0 Å². The maximum Gasteiger partial charge on any atom is 0.320 e. The molecular formula is C13H25ClN2O3. The second kappa shape index (κ2) is 7.70. The van der Waals surface area contributed by atoms with Gasteiger partial charge in [0.2, 0.25) is 5.91 Å². The average molecular weight is 293 g/mol. The molecule has 112 valence electrons. The van der Waals surface area contributed by atoms with Crippen molar-refractivity contribution in [1.82, 2.24) is 10.2 Å². The molecule has 6 heteroatoms. The number of nitrogens with zero attached hydrogens (tertiary/aromatic N) is 1. The summed E-state index contributed by atoms with van der Waals surface area (Å²) in [5, 5.41) is 12.1. The number of carboxylic acids is 1. The fraction of sp³-hybridized carbons (Fsp3) is 0.846. The lowest BCUT2D eigenvalue weighted by Crippen LogP contribution is -2.52. The number of carboxylic acid groups (broad SMARTS) is 1. The quantitative estimate of drug-likeness (QED) is 0.808. The number of halogens is 1. The number of rotatable bonds is 5. The highest BCUT2D eigenvalue weighted by Gasteiger charge is 2.30. The smallest absolute Gasteiger partial charge is 0.320 e. The monoisotopic (exact) mass is 292 g/mol. The molecule has 0 saturated carbocycles. The van der Waals surface area contributed by atoms with Crippen molar-refractivity contribution in [2.24, 2.45) is 0 Å². The topological polar surface area (TPSA) is 69.6 Å². The van der Waals surface area contributed by atoms with E-state index in [1.165, 1.54) is 0 Å². The van der Waals surface area contributed by atoms with Crippen molar-refractivity contribution in [3.63, 3.8) is 0 Å². The number of carbonyl (C=O) groups excluding carboxylic acids is 1. The summed E-state index contributed by atoms with van der Waals surface area (Å²) in [4.78, 5) is 24.8. The molecule has 0 bridgehead atoms. The molecule has 1 saturated heterocycles. The van der Waals surface area contributed by atoms with Gasteiger partial charge in [-0.2, -0.15) is 0 Å². The summed E-state index contributed by atoms with van der Waals surface area (Å²) < 4.78 is 0. The van der Waals surface area contributed by atoms with Gasteiger partial charge in [-0.3, -0.25) is 14.5 Å². The summed E-state index contributed by atoms with van der Waals surface area (Å²) in [6.45, 7) is 6.82. The number of hydrogen-bond acceptors (Lipinski definition) is 3. The molecule has 1 rings (SSSR count). The zero-order valence-electron chi connectivity index (χ0n) is 11.9. The summed E-state index contributed by atoms with van der Waals surface area (Å²) in [5.41, 5.74) is -0.231. The van der Waals surface area contributed by atoms with Crippen LogP contribution in [0, 0.1) is 0 Å². The number of nitrogens with one attached hydrogen (secondary N) is 1. The minimum Gasteiger partial charge on any atom is -0.480 e. The molecule has 5 nitrogen and oxygen atoms in total. The van der Waals surface area contributed by atoms with E-state index in [0.717, 1.165) is 19.3 Å². The molecule has 1 unspecified atom stereocenters. The van der Waals surface area contributed by atoms with Crippen LogP contribution in [-0.2, 0) is 9.59 Å². The van der Waals surface area contributed by atoms with E-state index in [-0.39, 0.29) is 30.4 Å². The SMILES string of the molecule is CCC(C)(C)NC(=O)CN1CCCCC1C(=O)O.Cl. The summed E-state index contributed by atoms with van der Waals surface area (Å²) in [5.74, 6) is -0.910. The lowest BCUT2D eigenvalue weighted by Gasteiger charge is -2.33. The van der Waals surface area contributed by atoms with E-state index in [1.54, 1.807) is 4.90 Å². The largest absolute Gasteiger partial charge is 0.480 e. The van der Waals surface area contributed by atoms with Crippen LogP contribution in [0.1, 0.15) is 46.5 Å². The Morgan fingerprint density at radius 2 is 2.00 bits per heavy atom. The van der Waals surface area contributed by atoms with Gasteiger partial charge in [-0.15, -0.1) is 12.4 Å². The van der Waals surface area contributed by atoms with E-state index < -0.39 is 12.0 Å². The summed E-state index contributed by atoms with van der Waals surface area (Å²) >= 11 is 0. The van der Waals surface area contributed by atoms with Crippen LogP contribution in [0.4, 0.5) is 0 Å². The number of likely N-dealkylation sites (tertiary alicyclic amines) is 1. The molecular weight excluding hydrogens is 268 g/mol. The van der Waals surface area contributed by atoms with Crippen molar-refractivity contribution in [2.75, 3.05) is 13.1 Å².